The lowest BCUT2D eigenvalue weighted by molar-refractivity contribution is -0.128. The van der Waals surface area contributed by atoms with Gasteiger partial charge in [0.1, 0.15) is 5.75 Å². The van der Waals surface area contributed by atoms with Gasteiger partial charge in [0.05, 0.1) is 0 Å². The number of nitrogens with one attached hydrogen (secondary N) is 1. The number of rotatable bonds is 4. The van der Waals surface area contributed by atoms with Gasteiger partial charge in [-0.25, -0.2) is 0 Å². The van der Waals surface area contributed by atoms with Crippen LogP contribution in [0.5, 0.6) is 5.75 Å². The molecule has 0 unspecified atom stereocenters. The number of benzene rings is 1. The summed E-state index contributed by atoms with van der Waals surface area (Å²) in [4.78, 5) is 12.3. The van der Waals surface area contributed by atoms with Gasteiger partial charge in [0.15, 0.2) is 6.61 Å². The third-order valence-electron chi connectivity index (χ3n) is 5.61. The van der Waals surface area contributed by atoms with Crippen molar-refractivity contribution >= 4 is 28.5 Å². The Morgan fingerprint density at radius 1 is 1.18 bits per heavy atom. The zero-order valence-electron chi connectivity index (χ0n) is 12.7. The lowest BCUT2D eigenvalue weighted by atomic mass is 9.53. The van der Waals surface area contributed by atoms with Gasteiger partial charge in [-0.05, 0) is 97.1 Å². The van der Waals surface area contributed by atoms with E-state index in [4.69, 9.17) is 4.74 Å². The molecule has 1 amide bonds. The predicted octanol–water partition coefficient (Wildman–Crippen LogP) is 3.76. The molecule has 4 saturated carbocycles. The maximum Gasteiger partial charge on any atom is 0.258 e. The van der Waals surface area contributed by atoms with Crippen LogP contribution in [-0.4, -0.2) is 18.1 Å². The highest BCUT2D eigenvalue weighted by Crippen LogP contribution is 2.55. The highest BCUT2D eigenvalue weighted by Gasteiger charge is 2.51. The molecule has 0 aromatic heterocycles. The van der Waals surface area contributed by atoms with Gasteiger partial charge < -0.3 is 10.1 Å². The van der Waals surface area contributed by atoms with Crippen LogP contribution in [0.4, 0.5) is 0 Å². The third-order valence-corrected chi connectivity index (χ3v) is 6.28. The fraction of sp³-hybridized carbons (Fsp3) is 0.611. The summed E-state index contributed by atoms with van der Waals surface area (Å²) >= 11 is 2.25. The molecule has 0 saturated heterocycles. The largest absolute Gasteiger partial charge is 0.484 e. The summed E-state index contributed by atoms with van der Waals surface area (Å²) in [5.41, 5.74) is 0.0836. The lowest BCUT2D eigenvalue weighted by Crippen LogP contribution is -2.60. The molecule has 5 rings (SSSR count). The smallest absolute Gasteiger partial charge is 0.258 e. The Morgan fingerprint density at radius 3 is 2.41 bits per heavy atom. The van der Waals surface area contributed by atoms with Crippen molar-refractivity contribution in [3.05, 3.63) is 27.8 Å². The molecule has 0 atom stereocenters. The van der Waals surface area contributed by atoms with Gasteiger partial charge in [-0.15, -0.1) is 0 Å². The number of ether oxygens (including phenoxy) is 1. The Labute approximate surface area is 145 Å². The first kappa shape index (κ1) is 14.8. The first-order chi connectivity index (χ1) is 10.6. The number of carbonyl (C=O) groups excluding carboxylic acids is 1. The SMILES string of the molecule is O=C(COc1cccc(I)c1)NC12CC3CC(CC(C3)C1)C2. The first-order valence-corrected chi connectivity index (χ1v) is 9.37. The molecular weight excluding hydrogens is 389 g/mol. The molecule has 0 aliphatic heterocycles. The van der Waals surface area contributed by atoms with E-state index in [-0.39, 0.29) is 18.1 Å². The Bertz CT molecular complexity index is 551. The molecule has 0 spiro atoms. The van der Waals surface area contributed by atoms with Gasteiger partial charge in [0, 0.05) is 9.11 Å². The summed E-state index contributed by atoms with van der Waals surface area (Å²) in [6.45, 7) is 0.127. The van der Waals surface area contributed by atoms with Crippen LogP contribution in [0.25, 0.3) is 0 Å². The minimum absolute atomic E-state index is 0.0424. The van der Waals surface area contributed by atoms with E-state index in [0.717, 1.165) is 27.1 Å². The van der Waals surface area contributed by atoms with E-state index in [2.05, 4.69) is 27.9 Å². The second-order valence-electron chi connectivity index (χ2n) is 7.49. The van der Waals surface area contributed by atoms with Gasteiger partial charge in [-0.1, -0.05) is 6.07 Å². The Balaban J connectivity index is 1.36. The summed E-state index contributed by atoms with van der Waals surface area (Å²) in [6, 6.07) is 7.83. The molecule has 4 bridgehead atoms. The second-order valence-corrected chi connectivity index (χ2v) is 8.74. The van der Waals surface area contributed by atoms with Crippen molar-refractivity contribution in [1.29, 1.82) is 0 Å². The van der Waals surface area contributed by atoms with E-state index in [1.54, 1.807) is 0 Å². The highest BCUT2D eigenvalue weighted by molar-refractivity contribution is 14.1. The molecule has 4 aliphatic rings. The Morgan fingerprint density at radius 2 is 1.82 bits per heavy atom. The molecule has 4 aliphatic carbocycles. The number of amides is 1. The summed E-state index contributed by atoms with van der Waals surface area (Å²) in [5.74, 6) is 3.36. The average Bonchev–Trinajstić information content (AvgIpc) is 2.43. The van der Waals surface area contributed by atoms with Crippen LogP contribution in [-0.2, 0) is 4.79 Å². The van der Waals surface area contributed by atoms with E-state index in [1.807, 2.05) is 24.3 Å². The van der Waals surface area contributed by atoms with Crippen LogP contribution in [0, 0.1) is 21.3 Å². The van der Waals surface area contributed by atoms with Crippen molar-refractivity contribution in [1.82, 2.24) is 5.32 Å². The van der Waals surface area contributed by atoms with Crippen molar-refractivity contribution < 1.29 is 9.53 Å². The van der Waals surface area contributed by atoms with Gasteiger partial charge in [0.2, 0.25) is 0 Å². The molecule has 4 heteroatoms. The molecule has 1 aromatic rings. The monoisotopic (exact) mass is 411 g/mol. The molecule has 4 fully saturated rings. The van der Waals surface area contributed by atoms with E-state index >= 15 is 0 Å². The van der Waals surface area contributed by atoms with Crippen LogP contribution in [0.2, 0.25) is 0 Å². The van der Waals surface area contributed by atoms with E-state index in [9.17, 15) is 4.79 Å². The van der Waals surface area contributed by atoms with Crippen molar-refractivity contribution in [3.8, 4) is 5.75 Å². The van der Waals surface area contributed by atoms with Crippen molar-refractivity contribution in [2.24, 2.45) is 17.8 Å². The van der Waals surface area contributed by atoms with Crippen molar-refractivity contribution in [2.75, 3.05) is 6.61 Å². The van der Waals surface area contributed by atoms with Crippen LogP contribution >= 0.6 is 22.6 Å². The standard InChI is InChI=1S/C18H22INO2/c19-15-2-1-3-16(7-15)22-11-17(21)20-18-8-12-4-13(9-18)6-14(5-12)10-18/h1-3,7,12-14H,4-6,8-11H2,(H,20,21). The maximum atomic E-state index is 12.3. The zero-order chi connectivity index (χ0) is 15.2. The van der Waals surface area contributed by atoms with Crippen LogP contribution in [0.15, 0.2) is 24.3 Å². The summed E-state index contributed by atoms with van der Waals surface area (Å²) in [5, 5.41) is 3.34. The summed E-state index contributed by atoms with van der Waals surface area (Å²) < 4.78 is 6.77. The van der Waals surface area contributed by atoms with Crippen molar-refractivity contribution in [2.45, 2.75) is 44.1 Å². The third kappa shape index (κ3) is 2.99. The minimum Gasteiger partial charge on any atom is -0.484 e. The minimum atomic E-state index is 0.0424. The number of hydrogen-bond donors (Lipinski definition) is 1. The Hall–Kier alpha value is -0.780. The van der Waals surface area contributed by atoms with Gasteiger partial charge in [-0.3, -0.25) is 4.79 Å². The quantitative estimate of drug-likeness (QED) is 0.767. The Kier molecular flexibility index (Phi) is 3.83. The van der Waals surface area contributed by atoms with Crippen LogP contribution < -0.4 is 10.1 Å². The second kappa shape index (κ2) is 5.69. The highest BCUT2D eigenvalue weighted by atomic mass is 127. The van der Waals surface area contributed by atoms with E-state index < -0.39 is 0 Å². The fourth-order valence-corrected chi connectivity index (χ4v) is 5.82. The molecule has 3 nitrogen and oxygen atoms in total. The normalized spacial score (nSPS) is 35.4. The maximum absolute atomic E-state index is 12.3. The average molecular weight is 411 g/mol. The molecule has 118 valence electrons. The van der Waals surface area contributed by atoms with Crippen LogP contribution in [0.1, 0.15) is 38.5 Å². The topological polar surface area (TPSA) is 38.3 Å². The fourth-order valence-electron chi connectivity index (χ4n) is 5.30. The predicted molar refractivity (Wildman–Crippen MR) is 93.7 cm³/mol. The van der Waals surface area contributed by atoms with Gasteiger partial charge >= 0.3 is 0 Å². The zero-order valence-corrected chi connectivity index (χ0v) is 14.8. The first-order valence-electron chi connectivity index (χ1n) is 8.30. The van der Waals surface area contributed by atoms with E-state index in [0.29, 0.717) is 0 Å². The number of halogens is 1. The van der Waals surface area contributed by atoms with Gasteiger partial charge in [0.25, 0.3) is 5.91 Å². The number of carbonyl (C=O) groups is 1. The summed E-state index contributed by atoms with van der Waals surface area (Å²) in [6.07, 6.45) is 7.76. The molecule has 0 heterocycles. The molecular formula is C18H22INO2. The molecule has 1 N–H and O–H groups in total. The van der Waals surface area contributed by atoms with Gasteiger partial charge in [-0.2, -0.15) is 0 Å². The molecule has 1 aromatic carbocycles. The van der Waals surface area contributed by atoms with Crippen molar-refractivity contribution in [3.63, 3.8) is 0 Å². The molecule has 22 heavy (non-hydrogen) atoms. The molecule has 0 radical (unpaired) electrons. The lowest BCUT2D eigenvalue weighted by Gasteiger charge is -2.56. The summed E-state index contributed by atoms with van der Waals surface area (Å²) in [7, 11) is 0. The van der Waals surface area contributed by atoms with E-state index in [1.165, 1.54) is 38.5 Å². The van der Waals surface area contributed by atoms with Crippen LogP contribution in [0.3, 0.4) is 0 Å². The number of hydrogen-bond acceptors (Lipinski definition) is 2.